The molecule has 1 fully saturated rings. The SMILES string of the molecule is COc1ccccc1CN(CCO)C(=O)C1CCCN1. The number of aliphatic hydroxyl groups excluding tert-OH is 1. The lowest BCUT2D eigenvalue weighted by Gasteiger charge is -2.25. The highest BCUT2D eigenvalue weighted by molar-refractivity contribution is 5.82. The van der Waals surface area contributed by atoms with Crippen molar-refractivity contribution in [3.05, 3.63) is 29.8 Å². The van der Waals surface area contributed by atoms with Crippen LogP contribution in [0.25, 0.3) is 0 Å². The first-order valence-corrected chi connectivity index (χ1v) is 7.01. The molecule has 1 amide bonds. The van der Waals surface area contributed by atoms with Crippen molar-refractivity contribution in [3.8, 4) is 5.75 Å². The number of methoxy groups -OCH3 is 1. The molecule has 0 spiro atoms. The zero-order valence-corrected chi connectivity index (χ0v) is 11.8. The number of carbonyl (C=O) groups excluding carboxylic acids is 1. The van der Waals surface area contributed by atoms with E-state index in [0.29, 0.717) is 13.1 Å². The van der Waals surface area contributed by atoms with Crippen LogP contribution in [0.3, 0.4) is 0 Å². The molecule has 1 aliphatic rings. The van der Waals surface area contributed by atoms with E-state index < -0.39 is 0 Å². The highest BCUT2D eigenvalue weighted by atomic mass is 16.5. The summed E-state index contributed by atoms with van der Waals surface area (Å²) in [4.78, 5) is 14.1. The number of nitrogens with one attached hydrogen (secondary N) is 1. The Morgan fingerprint density at radius 1 is 1.50 bits per heavy atom. The van der Waals surface area contributed by atoms with Crippen molar-refractivity contribution in [2.45, 2.75) is 25.4 Å². The molecule has 1 saturated heterocycles. The Balaban J connectivity index is 2.10. The largest absolute Gasteiger partial charge is 0.496 e. The zero-order valence-electron chi connectivity index (χ0n) is 11.8. The average molecular weight is 278 g/mol. The van der Waals surface area contributed by atoms with Gasteiger partial charge in [-0.25, -0.2) is 0 Å². The molecule has 1 aromatic rings. The summed E-state index contributed by atoms with van der Waals surface area (Å²) in [6, 6.07) is 7.53. The van der Waals surface area contributed by atoms with Crippen LogP contribution in [0.4, 0.5) is 0 Å². The second kappa shape index (κ2) is 7.26. The third kappa shape index (κ3) is 3.49. The van der Waals surface area contributed by atoms with Crippen molar-refractivity contribution >= 4 is 5.91 Å². The monoisotopic (exact) mass is 278 g/mol. The van der Waals surface area contributed by atoms with Crippen molar-refractivity contribution in [1.82, 2.24) is 10.2 Å². The Hall–Kier alpha value is -1.59. The summed E-state index contributed by atoms with van der Waals surface area (Å²) < 4.78 is 5.31. The molecule has 1 aromatic carbocycles. The van der Waals surface area contributed by atoms with E-state index in [0.717, 1.165) is 30.7 Å². The van der Waals surface area contributed by atoms with E-state index in [4.69, 9.17) is 4.74 Å². The van der Waals surface area contributed by atoms with E-state index in [1.165, 1.54) is 0 Å². The molecule has 1 atom stereocenters. The maximum absolute atomic E-state index is 12.5. The fourth-order valence-corrected chi connectivity index (χ4v) is 2.54. The maximum Gasteiger partial charge on any atom is 0.240 e. The molecular weight excluding hydrogens is 256 g/mol. The Kier molecular flexibility index (Phi) is 5.38. The Morgan fingerprint density at radius 3 is 2.95 bits per heavy atom. The summed E-state index contributed by atoms with van der Waals surface area (Å²) in [5, 5.41) is 12.4. The molecule has 0 bridgehead atoms. The second-order valence-corrected chi connectivity index (χ2v) is 4.94. The predicted molar refractivity (Wildman–Crippen MR) is 76.5 cm³/mol. The standard InChI is InChI=1S/C15H22N2O3/c1-20-14-7-3-2-5-12(14)11-17(9-10-18)15(19)13-6-4-8-16-13/h2-3,5,7,13,16,18H,4,6,8-11H2,1H3. The van der Waals surface area contributed by atoms with Crippen LogP contribution in [0, 0.1) is 0 Å². The minimum absolute atomic E-state index is 0.0341. The van der Waals surface area contributed by atoms with Gasteiger partial charge in [-0.3, -0.25) is 4.79 Å². The normalized spacial score (nSPS) is 18.0. The van der Waals surface area contributed by atoms with E-state index in [9.17, 15) is 9.90 Å². The maximum atomic E-state index is 12.5. The fourth-order valence-electron chi connectivity index (χ4n) is 2.54. The number of aliphatic hydroxyl groups is 1. The number of benzene rings is 1. The summed E-state index contributed by atoms with van der Waals surface area (Å²) in [5.74, 6) is 0.824. The van der Waals surface area contributed by atoms with Crippen molar-refractivity contribution < 1.29 is 14.6 Å². The van der Waals surface area contributed by atoms with Crippen LogP contribution < -0.4 is 10.1 Å². The predicted octanol–water partition coefficient (Wildman–Crippen LogP) is 0.768. The smallest absolute Gasteiger partial charge is 0.240 e. The van der Waals surface area contributed by atoms with E-state index in [-0.39, 0.29) is 18.6 Å². The number of nitrogens with zero attached hydrogens (tertiary/aromatic N) is 1. The molecule has 1 heterocycles. The number of ether oxygens (including phenoxy) is 1. The summed E-state index contributed by atoms with van der Waals surface area (Å²) in [5.41, 5.74) is 0.954. The molecule has 0 aromatic heterocycles. The molecule has 2 N–H and O–H groups in total. The molecule has 1 unspecified atom stereocenters. The average Bonchev–Trinajstić information content (AvgIpc) is 3.01. The number of para-hydroxylation sites is 1. The first-order valence-electron chi connectivity index (χ1n) is 7.01. The van der Waals surface area contributed by atoms with Crippen LogP contribution in [-0.2, 0) is 11.3 Å². The summed E-state index contributed by atoms with van der Waals surface area (Å²) >= 11 is 0. The summed E-state index contributed by atoms with van der Waals surface area (Å²) in [7, 11) is 1.62. The summed E-state index contributed by atoms with van der Waals surface area (Å²) in [6.07, 6.45) is 1.89. The first kappa shape index (κ1) is 14.8. The molecule has 0 radical (unpaired) electrons. The molecule has 2 rings (SSSR count). The van der Waals surface area contributed by atoms with Crippen LogP contribution in [0.5, 0.6) is 5.75 Å². The lowest BCUT2D eigenvalue weighted by molar-refractivity contribution is -0.134. The van der Waals surface area contributed by atoms with E-state index in [2.05, 4.69) is 5.32 Å². The van der Waals surface area contributed by atoms with Crippen molar-refractivity contribution in [2.24, 2.45) is 0 Å². The van der Waals surface area contributed by atoms with E-state index >= 15 is 0 Å². The van der Waals surface area contributed by atoms with Crippen molar-refractivity contribution in [2.75, 3.05) is 26.8 Å². The number of hydrogen-bond donors (Lipinski definition) is 2. The third-order valence-corrected chi connectivity index (χ3v) is 3.59. The van der Waals surface area contributed by atoms with Gasteiger partial charge in [-0.1, -0.05) is 18.2 Å². The van der Waals surface area contributed by atoms with Gasteiger partial charge in [0.2, 0.25) is 5.91 Å². The van der Waals surface area contributed by atoms with E-state index in [1.807, 2.05) is 24.3 Å². The highest BCUT2D eigenvalue weighted by Gasteiger charge is 2.27. The van der Waals surface area contributed by atoms with Crippen LogP contribution >= 0.6 is 0 Å². The molecular formula is C15H22N2O3. The van der Waals surface area contributed by atoms with Crippen LogP contribution in [0.2, 0.25) is 0 Å². The Morgan fingerprint density at radius 2 is 2.30 bits per heavy atom. The number of rotatable bonds is 6. The first-order chi connectivity index (χ1) is 9.76. The van der Waals surface area contributed by atoms with Crippen molar-refractivity contribution in [1.29, 1.82) is 0 Å². The number of amides is 1. The third-order valence-electron chi connectivity index (χ3n) is 3.59. The quantitative estimate of drug-likeness (QED) is 0.807. The number of hydrogen-bond acceptors (Lipinski definition) is 4. The van der Waals surface area contributed by atoms with Gasteiger partial charge in [0.05, 0.1) is 19.8 Å². The topological polar surface area (TPSA) is 61.8 Å². The van der Waals surface area contributed by atoms with Gasteiger partial charge in [-0.05, 0) is 25.5 Å². The second-order valence-electron chi connectivity index (χ2n) is 4.94. The van der Waals surface area contributed by atoms with Crippen LogP contribution in [0.15, 0.2) is 24.3 Å². The van der Waals surface area contributed by atoms with Gasteiger partial charge >= 0.3 is 0 Å². The molecule has 5 heteroatoms. The minimum atomic E-state index is -0.115. The van der Waals surface area contributed by atoms with Gasteiger partial charge in [0.15, 0.2) is 0 Å². The highest BCUT2D eigenvalue weighted by Crippen LogP contribution is 2.20. The molecule has 110 valence electrons. The van der Waals surface area contributed by atoms with Gasteiger partial charge < -0.3 is 20.1 Å². The lowest BCUT2D eigenvalue weighted by atomic mass is 10.1. The molecule has 0 aliphatic carbocycles. The molecule has 0 saturated carbocycles. The van der Waals surface area contributed by atoms with Gasteiger partial charge in [0.25, 0.3) is 0 Å². The molecule has 5 nitrogen and oxygen atoms in total. The molecule has 1 aliphatic heterocycles. The van der Waals surface area contributed by atoms with Gasteiger partial charge in [-0.2, -0.15) is 0 Å². The Bertz CT molecular complexity index is 444. The van der Waals surface area contributed by atoms with Gasteiger partial charge in [0.1, 0.15) is 5.75 Å². The minimum Gasteiger partial charge on any atom is -0.496 e. The fraction of sp³-hybridized carbons (Fsp3) is 0.533. The zero-order chi connectivity index (χ0) is 14.4. The lowest BCUT2D eigenvalue weighted by Crippen LogP contribution is -2.44. The van der Waals surface area contributed by atoms with Gasteiger partial charge in [0, 0.05) is 18.7 Å². The summed E-state index contributed by atoms with van der Waals surface area (Å²) in [6.45, 7) is 1.66. The number of carbonyl (C=O) groups is 1. The van der Waals surface area contributed by atoms with Gasteiger partial charge in [-0.15, -0.1) is 0 Å². The van der Waals surface area contributed by atoms with Crippen molar-refractivity contribution in [3.63, 3.8) is 0 Å². The van der Waals surface area contributed by atoms with E-state index in [1.54, 1.807) is 12.0 Å². The Labute approximate surface area is 119 Å². The van der Waals surface area contributed by atoms with Crippen LogP contribution in [-0.4, -0.2) is 48.8 Å². The van der Waals surface area contributed by atoms with Crippen LogP contribution in [0.1, 0.15) is 18.4 Å². The molecule has 20 heavy (non-hydrogen) atoms.